The number of hydrogen-bond donors (Lipinski definition) is 0. The molecule has 2 rings (SSSR count). The number of rotatable bonds is 21. The van der Waals surface area contributed by atoms with E-state index in [-0.39, 0.29) is 5.41 Å². The van der Waals surface area contributed by atoms with Gasteiger partial charge in [0, 0.05) is 30.9 Å². The maximum atomic E-state index is 5.94. The maximum Gasteiger partial charge on any atom is 0.119 e. The number of benzene rings is 2. The lowest BCUT2D eigenvalue weighted by Crippen LogP contribution is -2.40. The van der Waals surface area contributed by atoms with Gasteiger partial charge < -0.3 is 18.7 Å². The van der Waals surface area contributed by atoms with Gasteiger partial charge in [0.25, 0.3) is 0 Å². The van der Waals surface area contributed by atoms with Crippen LogP contribution in [0.2, 0.25) is 0 Å². The highest BCUT2D eigenvalue weighted by molar-refractivity contribution is 6.17. The molecule has 5 heteroatoms. The van der Waals surface area contributed by atoms with Crippen molar-refractivity contribution in [2.75, 3.05) is 52.9 Å². The first-order chi connectivity index (χ1) is 18.3. The zero-order valence-corrected chi connectivity index (χ0v) is 25.5. The molecular weight excluding hydrogens is 494 g/mol. The molecule has 0 saturated heterocycles. The molecular formula is C33H53ClNO3+. The Morgan fingerprint density at radius 2 is 1.32 bits per heavy atom. The Morgan fingerprint density at radius 3 is 1.95 bits per heavy atom. The number of ether oxygens (including phenoxy) is 3. The number of halogens is 1. The molecule has 0 heterocycles. The highest BCUT2D eigenvalue weighted by Gasteiger charge is 2.20. The normalized spacial score (nSPS) is 12.1. The Hall–Kier alpha value is -1.75. The van der Waals surface area contributed by atoms with Crippen LogP contribution in [0.1, 0.15) is 83.3 Å². The fourth-order valence-electron chi connectivity index (χ4n) is 4.66. The van der Waals surface area contributed by atoms with Crippen molar-refractivity contribution in [3.63, 3.8) is 0 Å². The predicted molar refractivity (Wildman–Crippen MR) is 162 cm³/mol. The summed E-state index contributed by atoms with van der Waals surface area (Å²) in [5.74, 6) is 2.58. The van der Waals surface area contributed by atoms with Gasteiger partial charge >= 0.3 is 0 Å². The van der Waals surface area contributed by atoms with Crippen LogP contribution < -0.4 is 9.47 Å². The Bertz CT molecular complexity index is 865. The van der Waals surface area contributed by atoms with Gasteiger partial charge in [0.1, 0.15) is 18.0 Å². The first-order valence-electron chi connectivity index (χ1n) is 14.7. The number of nitrogens with zero attached hydrogens (tertiary/aromatic N) is 1. The lowest BCUT2D eigenvalue weighted by atomic mass is 9.80. The molecule has 2 aromatic rings. The van der Waals surface area contributed by atoms with Gasteiger partial charge in [-0.05, 0) is 66.6 Å². The molecule has 0 unspecified atom stereocenters. The van der Waals surface area contributed by atoms with Gasteiger partial charge in [0.15, 0.2) is 0 Å². The summed E-state index contributed by atoms with van der Waals surface area (Å²) in [5, 5.41) is 0. The lowest BCUT2D eigenvalue weighted by molar-refractivity contribution is -0.903. The number of hydrogen-bond acceptors (Lipinski definition) is 3. The van der Waals surface area contributed by atoms with E-state index < -0.39 is 0 Å². The summed E-state index contributed by atoms with van der Waals surface area (Å²) in [6.07, 6.45) is 9.04. The third-order valence-electron chi connectivity index (χ3n) is 7.13. The third-order valence-corrected chi connectivity index (χ3v) is 7.39. The highest BCUT2D eigenvalue weighted by atomic mass is 35.5. The van der Waals surface area contributed by atoms with E-state index in [0.717, 1.165) is 74.6 Å². The van der Waals surface area contributed by atoms with Crippen LogP contribution in [0.4, 0.5) is 0 Å². The molecule has 0 saturated carbocycles. The van der Waals surface area contributed by atoms with Gasteiger partial charge in [0.2, 0.25) is 0 Å². The second-order valence-electron chi connectivity index (χ2n) is 11.7. The molecule has 0 aliphatic heterocycles. The molecule has 4 nitrogen and oxygen atoms in total. The molecule has 2 aromatic carbocycles. The Balaban J connectivity index is 1.56. The minimum Gasteiger partial charge on any atom is -0.494 e. The van der Waals surface area contributed by atoms with Crippen molar-refractivity contribution in [3.05, 3.63) is 59.7 Å². The highest BCUT2D eigenvalue weighted by Crippen LogP contribution is 2.30. The van der Waals surface area contributed by atoms with E-state index in [9.17, 15) is 0 Å². The summed E-state index contributed by atoms with van der Waals surface area (Å²) in [4.78, 5) is 0. The lowest BCUT2D eigenvalue weighted by Gasteiger charge is -2.30. The summed E-state index contributed by atoms with van der Waals surface area (Å²) in [5.41, 5.74) is 2.94. The Morgan fingerprint density at radius 1 is 0.711 bits per heavy atom. The fraction of sp³-hybridized carbons (Fsp3) is 0.636. The fourth-order valence-corrected chi connectivity index (χ4v) is 4.85. The van der Waals surface area contributed by atoms with E-state index in [0.29, 0.717) is 12.5 Å². The van der Waals surface area contributed by atoms with E-state index in [1.807, 2.05) is 0 Å². The summed E-state index contributed by atoms with van der Waals surface area (Å²) in [6, 6.07) is 17.2. The molecule has 0 N–H and O–H groups in total. The average molecular weight is 547 g/mol. The smallest absolute Gasteiger partial charge is 0.119 e. The standard InChI is InChI=1S/C33H53ClNO3/c1-6-7-8-21-33(2,3)30-15-19-32(20-16-30)38-27-12-25-36-24-11-23-35(4,5)28-29-13-17-31(18-14-29)37-26-10-9-22-34/h13-20H,6-12,21-28H2,1-5H3/q+1. The topological polar surface area (TPSA) is 27.7 Å². The molecule has 0 atom stereocenters. The zero-order valence-electron chi connectivity index (χ0n) is 24.8. The van der Waals surface area contributed by atoms with Crippen molar-refractivity contribution in [2.45, 2.75) is 84.1 Å². The van der Waals surface area contributed by atoms with E-state index in [2.05, 4.69) is 83.4 Å². The van der Waals surface area contributed by atoms with Crippen molar-refractivity contribution in [1.82, 2.24) is 0 Å². The number of alkyl halides is 1. The summed E-state index contributed by atoms with van der Waals surface area (Å²) < 4.78 is 18.5. The van der Waals surface area contributed by atoms with Crippen molar-refractivity contribution in [3.8, 4) is 11.5 Å². The van der Waals surface area contributed by atoms with Gasteiger partial charge in [-0.2, -0.15) is 0 Å². The minimum atomic E-state index is 0.221. The predicted octanol–water partition coefficient (Wildman–Crippen LogP) is 8.39. The van der Waals surface area contributed by atoms with Gasteiger partial charge in [-0.15, -0.1) is 11.6 Å². The summed E-state index contributed by atoms with van der Waals surface area (Å²) >= 11 is 5.72. The first kappa shape index (κ1) is 32.5. The number of quaternary nitrogens is 1. The van der Waals surface area contributed by atoms with Crippen LogP contribution >= 0.6 is 11.6 Å². The molecule has 0 aromatic heterocycles. The minimum absolute atomic E-state index is 0.221. The van der Waals surface area contributed by atoms with Gasteiger partial charge in [0.05, 0.1) is 40.5 Å². The molecule has 0 bridgehead atoms. The largest absolute Gasteiger partial charge is 0.494 e. The monoisotopic (exact) mass is 546 g/mol. The quantitative estimate of drug-likeness (QED) is 0.0893. The first-order valence-corrected chi connectivity index (χ1v) is 15.2. The molecule has 0 aliphatic rings. The van der Waals surface area contributed by atoms with Crippen molar-refractivity contribution in [2.24, 2.45) is 0 Å². The Labute approximate surface area is 238 Å². The van der Waals surface area contributed by atoms with Crippen LogP contribution in [0.3, 0.4) is 0 Å². The maximum absolute atomic E-state index is 5.94. The van der Waals surface area contributed by atoms with E-state index >= 15 is 0 Å². The van der Waals surface area contributed by atoms with Crippen LogP contribution in [0.5, 0.6) is 11.5 Å². The Kier molecular flexibility index (Phi) is 15.2. The molecule has 0 radical (unpaired) electrons. The van der Waals surface area contributed by atoms with Gasteiger partial charge in [-0.3, -0.25) is 0 Å². The second-order valence-corrected chi connectivity index (χ2v) is 12.1. The molecule has 38 heavy (non-hydrogen) atoms. The van der Waals surface area contributed by atoms with Crippen molar-refractivity contribution < 1.29 is 18.7 Å². The second kappa shape index (κ2) is 17.8. The average Bonchev–Trinajstić information content (AvgIpc) is 2.89. The SMILES string of the molecule is CCCCCC(C)(C)c1ccc(OCCCOCCC[N+](C)(C)Cc2ccc(OCCCCCl)cc2)cc1. The van der Waals surface area contributed by atoms with Gasteiger partial charge in [-0.1, -0.05) is 52.2 Å². The van der Waals surface area contributed by atoms with Crippen LogP contribution in [0.25, 0.3) is 0 Å². The van der Waals surface area contributed by atoms with Crippen LogP contribution in [0.15, 0.2) is 48.5 Å². The molecule has 0 amide bonds. The molecule has 214 valence electrons. The summed E-state index contributed by atoms with van der Waals surface area (Å²) in [6.45, 7) is 12.0. The molecule has 0 spiro atoms. The van der Waals surface area contributed by atoms with Gasteiger partial charge in [-0.25, -0.2) is 0 Å². The number of unbranched alkanes of at least 4 members (excludes halogenated alkanes) is 3. The van der Waals surface area contributed by atoms with Crippen LogP contribution in [-0.2, 0) is 16.7 Å². The molecule has 0 aliphatic carbocycles. The third kappa shape index (κ3) is 13.4. The van der Waals surface area contributed by atoms with Crippen molar-refractivity contribution >= 4 is 11.6 Å². The molecule has 0 fully saturated rings. The van der Waals surface area contributed by atoms with E-state index in [1.54, 1.807) is 0 Å². The van der Waals surface area contributed by atoms with Crippen LogP contribution in [-0.4, -0.2) is 57.4 Å². The van der Waals surface area contributed by atoms with Crippen molar-refractivity contribution in [1.29, 1.82) is 0 Å². The van der Waals surface area contributed by atoms with E-state index in [4.69, 9.17) is 25.8 Å². The van der Waals surface area contributed by atoms with Crippen LogP contribution in [0, 0.1) is 0 Å². The zero-order chi connectivity index (χ0) is 27.7. The van der Waals surface area contributed by atoms with E-state index in [1.165, 1.54) is 36.8 Å². The summed E-state index contributed by atoms with van der Waals surface area (Å²) in [7, 11) is 4.56.